The maximum Gasteiger partial charge on any atom is 0.229 e. The monoisotopic (exact) mass is 223 g/mol. The van der Waals surface area contributed by atoms with E-state index in [9.17, 15) is 9.59 Å². The van der Waals surface area contributed by atoms with Gasteiger partial charge in [0.2, 0.25) is 11.6 Å². The Bertz CT molecular complexity index is 605. The van der Waals surface area contributed by atoms with Crippen molar-refractivity contribution >= 4 is 11.6 Å². The highest BCUT2D eigenvalue weighted by atomic mass is 16.2. The number of rotatable bonds is 1. The normalized spacial score (nSPS) is 18.2. The molecule has 1 atom stereocenters. The van der Waals surface area contributed by atoms with Gasteiger partial charge in [-0.2, -0.15) is 0 Å². The zero-order chi connectivity index (χ0) is 11.8. The fourth-order valence-electron chi connectivity index (χ4n) is 2.20. The van der Waals surface area contributed by atoms with Crippen LogP contribution in [0.2, 0.25) is 0 Å². The van der Waals surface area contributed by atoms with Crippen LogP contribution in [0.25, 0.3) is 0 Å². The fraction of sp³-hybridized carbons (Fsp3) is 0.0714. The highest BCUT2D eigenvalue weighted by Crippen LogP contribution is 2.34. The van der Waals surface area contributed by atoms with Gasteiger partial charge < -0.3 is 0 Å². The van der Waals surface area contributed by atoms with Gasteiger partial charge in [-0.3, -0.25) is 14.6 Å². The van der Waals surface area contributed by atoms with Crippen molar-refractivity contribution in [1.82, 2.24) is 4.98 Å². The molecule has 1 heterocycles. The lowest BCUT2D eigenvalue weighted by molar-refractivity contribution is -0.115. The number of pyridine rings is 1. The maximum absolute atomic E-state index is 12.0. The first-order chi connectivity index (χ1) is 8.29. The Morgan fingerprint density at radius 2 is 1.71 bits per heavy atom. The number of aromatic nitrogens is 1. The zero-order valence-corrected chi connectivity index (χ0v) is 8.96. The van der Waals surface area contributed by atoms with Gasteiger partial charge in [0, 0.05) is 11.8 Å². The summed E-state index contributed by atoms with van der Waals surface area (Å²) in [6.07, 6.45) is 1.63. The van der Waals surface area contributed by atoms with E-state index in [0.717, 1.165) is 5.56 Å². The molecule has 1 aromatic carbocycles. The van der Waals surface area contributed by atoms with Crippen molar-refractivity contribution in [2.75, 3.05) is 0 Å². The zero-order valence-electron chi connectivity index (χ0n) is 8.96. The quantitative estimate of drug-likeness (QED) is 0.694. The van der Waals surface area contributed by atoms with Crippen molar-refractivity contribution < 1.29 is 9.59 Å². The van der Waals surface area contributed by atoms with Crippen molar-refractivity contribution in [3.63, 3.8) is 0 Å². The standard InChI is InChI=1S/C14H9NO2/c16-13-10-6-2-1-5-9(10)12(14(13)17)11-7-3-4-8-15-11/h1-8,12H. The van der Waals surface area contributed by atoms with Crippen LogP contribution in [0.15, 0.2) is 48.7 Å². The van der Waals surface area contributed by atoms with Crippen molar-refractivity contribution in [3.05, 3.63) is 65.5 Å². The molecule has 0 saturated carbocycles. The number of fused-ring (bicyclic) bond motifs is 1. The van der Waals surface area contributed by atoms with Gasteiger partial charge in [-0.25, -0.2) is 0 Å². The van der Waals surface area contributed by atoms with Crippen LogP contribution in [0.4, 0.5) is 0 Å². The molecule has 1 aromatic heterocycles. The summed E-state index contributed by atoms with van der Waals surface area (Å²) in [7, 11) is 0. The van der Waals surface area contributed by atoms with E-state index in [0.29, 0.717) is 11.3 Å². The Morgan fingerprint density at radius 1 is 0.941 bits per heavy atom. The van der Waals surface area contributed by atoms with E-state index in [1.54, 1.807) is 30.5 Å². The molecule has 0 bridgehead atoms. The second kappa shape index (κ2) is 3.63. The first-order valence-corrected chi connectivity index (χ1v) is 5.37. The number of ketones is 2. The molecule has 0 aliphatic heterocycles. The molecule has 2 aromatic rings. The van der Waals surface area contributed by atoms with E-state index in [1.165, 1.54) is 0 Å². The Balaban J connectivity index is 2.20. The summed E-state index contributed by atoms with van der Waals surface area (Å²) in [4.78, 5) is 27.9. The number of carbonyl (C=O) groups excluding carboxylic acids is 2. The Kier molecular flexibility index (Phi) is 2.11. The molecule has 3 rings (SSSR count). The van der Waals surface area contributed by atoms with Crippen molar-refractivity contribution in [1.29, 1.82) is 0 Å². The molecule has 1 unspecified atom stereocenters. The Labute approximate surface area is 98.1 Å². The predicted molar refractivity (Wildman–Crippen MR) is 61.9 cm³/mol. The third-order valence-electron chi connectivity index (χ3n) is 2.99. The van der Waals surface area contributed by atoms with Gasteiger partial charge in [0.1, 0.15) is 0 Å². The average molecular weight is 223 g/mol. The number of hydrogen-bond acceptors (Lipinski definition) is 3. The number of benzene rings is 1. The van der Waals surface area contributed by atoms with Crippen LogP contribution in [0.3, 0.4) is 0 Å². The van der Waals surface area contributed by atoms with Gasteiger partial charge in [-0.05, 0) is 17.7 Å². The van der Waals surface area contributed by atoms with Gasteiger partial charge in [0.15, 0.2) is 0 Å². The topological polar surface area (TPSA) is 47.0 Å². The molecule has 0 fully saturated rings. The Hall–Kier alpha value is -2.29. The highest BCUT2D eigenvalue weighted by Gasteiger charge is 2.39. The maximum atomic E-state index is 12.0. The SMILES string of the molecule is O=C1C(=O)C(c2ccccn2)c2ccccc21. The van der Waals surface area contributed by atoms with Crippen molar-refractivity contribution in [2.45, 2.75) is 5.92 Å². The Morgan fingerprint density at radius 3 is 2.47 bits per heavy atom. The van der Waals surface area contributed by atoms with Gasteiger partial charge in [-0.1, -0.05) is 30.3 Å². The molecule has 0 amide bonds. The van der Waals surface area contributed by atoms with Crippen LogP contribution in [0.5, 0.6) is 0 Å². The summed E-state index contributed by atoms with van der Waals surface area (Å²) in [5, 5.41) is 0. The van der Waals surface area contributed by atoms with Crippen LogP contribution in [0, 0.1) is 0 Å². The molecular weight excluding hydrogens is 214 g/mol. The smallest absolute Gasteiger partial charge is 0.229 e. The number of nitrogens with zero attached hydrogens (tertiary/aromatic N) is 1. The molecule has 3 heteroatoms. The number of hydrogen-bond donors (Lipinski definition) is 0. The minimum Gasteiger partial charge on any atom is -0.289 e. The van der Waals surface area contributed by atoms with Gasteiger partial charge in [-0.15, -0.1) is 0 Å². The number of Topliss-reactive ketones (excluding diaryl/α,β-unsaturated/α-hetero) is 2. The first kappa shape index (κ1) is 9.90. The molecule has 0 spiro atoms. The summed E-state index contributed by atoms with van der Waals surface area (Å²) in [5.74, 6) is -1.32. The first-order valence-electron chi connectivity index (χ1n) is 5.37. The largest absolute Gasteiger partial charge is 0.289 e. The van der Waals surface area contributed by atoms with Crippen LogP contribution < -0.4 is 0 Å². The van der Waals surface area contributed by atoms with E-state index in [4.69, 9.17) is 0 Å². The van der Waals surface area contributed by atoms with E-state index in [1.807, 2.05) is 18.2 Å². The molecule has 0 saturated heterocycles. The predicted octanol–water partition coefficient (Wildman–Crippen LogP) is 1.98. The van der Waals surface area contributed by atoms with Gasteiger partial charge in [0.25, 0.3) is 0 Å². The lowest BCUT2D eigenvalue weighted by atomic mass is 9.97. The molecule has 0 radical (unpaired) electrons. The number of carbonyl (C=O) groups is 2. The summed E-state index contributed by atoms with van der Waals surface area (Å²) in [6, 6.07) is 12.5. The average Bonchev–Trinajstić information content (AvgIpc) is 2.64. The van der Waals surface area contributed by atoms with Crippen LogP contribution in [-0.4, -0.2) is 16.6 Å². The third-order valence-corrected chi connectivity index (χ3v) is 2.99. The third kappa shape index (κ3) is 1.40. The summed E-state index contributed by atoms with van der Waals surface area (Å²) < 4.78 is 0. The molecule has 82 valence electrons. The summed E-state index contributed by atoms with van der Waals surface area (Å²) in [6.45, 7) is 0. The van der Waals surface area contributed by atoms with E-state index >= 15 is 0 Å². The fourth-order valence-corrected chi connectivity index (χ4v) is 2.20. The molecule has 1 aliphatic rings. The summed E-state index contributed by atoms with van der Waals surface area (Å²) in [5.41, 5.74) is 1.91. The van der Waals surface area contributed by atoms with Crippen molar-refractivity contribution in [2.24, 2.45) is 0 Å². The van der Waals surface area contributed by atoms with Gasteiger partial charge >= 0.3 is 0 Å². The van der Waals surface area contributed by atoms with Crippen molar-refractivity contribution in [3.8, 4) is 0 Å². The van der Waals surface area contributed by atoms with E-state index in [-0.39, 0.29) is 5.78 Å². The van der Waals surface area contributed by atoms with Crippen LogP contribution >= 0.6 is 0 Å². The second-order valence-corrected chi connectivity index (χ2v) is 3.97. The minimum absolute atomic E-state index is 0.384. The second-order valence-electron chi connectivity index (χ2n) is 3.97. The van der Waals surface area contributed by atoms with E-state index < -0.39 is 11.7 Å². The molecule has 0 N–H and O–H groups in total. The molecule has 1 aliphatic carbocycles. The molecule has 17 heavy (non-hydrogen) atoms. The lowest BCUT2D eigenvalue weighted by Gasteiger charge is -2.07. The van der Waals surface area contributed by atoms with Crippen LogP contribution in [0.1, 0.15) is 27.5 Å². The molecular formula is C14H9NO2. The van der Waals surface area contributed by atoms with Crippen LogP contribution in [-0.2, 0) is 4.79 Å². The van der Waals surface area contributed by atoms with E-state index in [2.05, 4.69) is 4.98 Å². The minimum atomic E-state index is -0.528. The summed E-state index contributed by atoms with van der Waals surface area (Å²) >= 11 is 0. The highest BCUT2D eigenvalue weighted by molar-refractivity contribution is 6.49. The molecule has 3 nitrogen and oxygen atoms in total. The lowest BCUT2D eigenvalue weighted by Crippen LogP contribution is -2.14. The van der Waals surface area contributed by atoms with Gasteiger partial charge in [0.05, 0.1) is 11.6 Å².